The molecule has 0 aromatic heterocycles. The van der Waals surface area contributed by atoms with E-state index in [1.54, 1.807) is 12.1 Å². The van der Waals surface area contributed by atoms with Crippen LogP contribution in [-0.2, 0) is 4.74 Å². The minimum absolute atomic E-state index is 0.379. The summed E-state index contributed by atoms with van der Waals surface area (Å²) in [6, 6.07) is 7.32. The minimum Gasteiger partial charge on any atom is -0.399 e. The average molecular weight is 260 g/mol. The van der Waals surface area contributed by atoms with Crippen LogP contribution in [0.15, 0.2) is 24.3 Å². The van der Waals surface area contributed by atoms with Crippen molar-refractivity contribution < 1.29 is 17.9 Å². The van der Waals surface area contributed by atoms with E-state index in [0.29, 0.717) is 31.6 Å². The van der Waals surface area contributed by atoms with Crippen molar-refractivity contribution in [3.05, 3.63) is 24.3 Å². The van der Waals surface area contributed by atoms with E-state index in [9.17, 15) is 13.2 Å². The van der Waals surface area contributed by atoms with Gasteiger partial charge in [-0.25, -0.2) is 0 Å². The molecule has 0 saturated carbocycles. The number of piperidine rings is 1. The lowest BCUT2D eigenvalue weighted by atomic mass is 10.1. The fraction of sp³-hybridized carbons (Fsp3) is 0.500. The van der Waals surface area contributed by atoms with Crippen molar-refractivity contribution in [2.75, 3.05) is 23.7 Å². The summed E-state index contributed by atoms with van der Waals surface area (Å²) in [7, 11) is 0. The smallest absolute Gasteiger partial charge is 0.399 e. The molecule has 1 aliphatic heterocycles. The third-order valence-electron chi connectivity index (χ3n) is 3.00. The van der Waals surface area contributed by atoms with Gasteiger partial charge < -0.3 is 10.6 Å². The largest absolute Gasteiger partial charge is 0.522 e. The van der Waals surface area contributed by atoms with Crippen LogP contribution >= 0.6 is 0 Å². The second-order valence-corrected chi connectivity index (χ2v) is 4.34. The van der Waals surface area contributed by atoms with Crippen molar-refractivity contribution in [1.82, 2.24) is 0 Å². The summed E-state index contributed by atoms with van der Waals surface area (Å²) in [5.74, 6) is 0. The molecule has 0 amide bonds. The Labute approximate surface area is 103 Å². The standard InChI is InChI=1S/C12H15F3N2O/c13-12(14,15)18-11-5-7-17(8-6-11)10-3-1-9(16)2-4-10/h1-4,11H,5-8,16H2. The molecule has 2 rings (SSSR count). The van der Waals surface area contributed by atoms with Crippen LogP contribution in [0.1, 0.15) is 12.8 Å². The van der Waals surface area contributed by atoms with Crippen LogP contribution in [0.25, 0.3) is 0 Å². The third kappa shape index (κ3) is 3.53. The minimum atomic E-state index is -4.53. The summed E-state index contributed by atoms with van der Waals surface area (Å²) in [6.07, 6.45) is -4.50. The molecule has 0 atom stereocenters. The molecular weight excluding hydrogens is 245 g/mol. The molecule has 1 saturated heterocycles. The van der Waals surface area contributed by atoms with Gasteiger partial charge in [0.2, 0.25) is 0 Å². The van der Waals surface area contributed by atoms with Crippen molar-refractivity contribution in [2.24, 2.45) is 0 Å². The zero-order valence-electron chi connectivity index (χ0n) is 9.78. The van der Waals surface area contributed by atoms with Crippen molar-refractivity contribution in [2.45, 2.75) is 25.3 Å². The highest BCUT2D eigenvalue weighted by Gasteiger charge is 2.34. The zero-order valence-corrected chi connectivity index (χ0v) is 9.78. The Morgan fingerprint density at radius 3 is 2.17 bits per heavy atom. The van der Waals surface area contributed by atoms with Gasteiger partial charge in [0.1, 0.15) is 0 Å². The molecule has 0 aliphatic carbocycles. The van der Waals surface area contributed by atoms with Gasteiger partial charge in [0.25, 0.3) is 0 Å². The number of ether oxygens (including phenoxy) is 1. The molecule has 1 aromatic carbocycles. The number of nitrogens with zero attached hydrogens (tertiary/aromatic N) is 1. The fourth-order valence-corrected chi connectivity index (χ4v) is 2.11. The number of halogens is 3. The summed E-state index contributed by atoms with van der Waals surface area (Å²) in [5, 5.41) is 0. The Hall–Kier alpha value is -1.43. The summed E-state index contributed by atoms with van der Waals surface area (Å²) >= 11 is 0. The highest BCUT2D eigenvalue weighted by molar-refractivity contribution is 5.53. The SMILES string of the molecule is Nc1ccc(N2CCC(OC(F)(F)F)CC2)cc1. The molecule has 6 heteroatoms. The second kappa shape index (κ2) is 5.06. The quantitative estimate of drug-likeness (QED) is 0.831. The van der Waals surface area contributed by atoms with E-state index in [4.69, 9.17) is 5.73 Å². The molecule has 1 fully saturated rings. The first kappa shape index (κ1) is 13.0. The highest BCUT2D eigenvalue weighted by Crippen LogP contribution is 2.27. The Morgan fingerprint density at radius 2 is 1.67 bits per heavy atom. The predicted molar refractivity (Wildman–Crippen MR) is 63.2 cm³/mol. The maximum absolute atomic E-state index is 12.1. The fourth-order valence-electron chi connectivity index (χ4n) is 2.11. The van der Waals surface area contributed by atoms with Crippen LogP contribution in [0.3, 0.4) is 0 Å². The van der Waals surface area contributed by atoms with Gasteiger partial charge in [0.05, 0.1) is 6.10 Å². The number of nitrogens with two attached hydrogens (primary N) is 1. The normalized spacial score (nSPS) is 18.1. The van der Waals surface area contributed by atoms with E-state index in [-0.39, 0.29) is 0 Å². The lowest BCUT2D eigenvalue weighted by Gasteiger charge is -2.33. The van der Waals surface area contributed by atoms with Crippen molar-refractivity contribution in [3.8, 4) is 0 Å². The number of alkyl halides is 3. The molecule has 1 aliphatic rings. The lowest BCUT2D eigenvalue weighted by Crippen LogP contribution is -2.39. The van der Waals surface area contributed by atoms with E-state index in [1.807, 2.05) is 17.0 Å². The Balaban J connectivity index is 1.88. The Kier molecular flexibility index (Phi) is 3.65. The van der Waals surface area contributed by atoms with Crippen molar-refractivity contribution >= 4 is 11.4 Å². The summed E-state index contributed by atoms with van der Waals surface area (Å²) in [5.41, 5.74) is 7.24. The molecule has 2 N–H and O–H groups in total. The van der Waals surface area contributed by atoms with Crippen molar-refractivity contribution in [1.29, 1.82) is 0 Å². The maximum atomic E-state index is 12.1. The Morgan fingerprint density at radius 1 is 1.11 bits per heavy atom. The predicted octanol–water partition coefficient (Wildman–Crippen LogP) is 2.77. The van der Waals surface area contributed by atoms with Gasteiger partial charge in [0, 0.05) is 24.5 Å². The number of hydrogen-bond acceptors (Lipinski definition) is 3. The average Bonchev–Trinajstić information content (AvgIpc) is 2.29. The topological polar surface area (TPSA) is 38.5 Å². The number of benzene rings is 1. The lowest BCUT2D eigenvalue weighted by molar-refractivity contribution is -0.344. The molecule has 3 nitrogen and oxygen atoms in total. The first-order chi connectivity index (χ1) is 8.44. The number of anilines is 2. The molecule has 0 radical (unpaired) electrons. The van der Waals surface area contributed by atoms with Crippen LogP contribution in [-0.4, -0.2) is 25.6 Å². The number of nitrogen functional groups attached to an aromatic ring is 1. The van der Waals surface area contributed by atoms with E-state index >= 15 is 0 Å². The van der Waals surface area contributed by atoms with Gasteiger partial charge >= 0.3 is 6.36 Å². The number of hydrogen-bond donors (Lipinski definition) is 1. The van der Waals surface area contributed by atoms with Gasteiger partial charge in [-0.05, 0) is 37.1 Å². The van der Waals surface area contributed by atoms with Gasteiger partial charge in [-0.3, -0.25) is 4.74 Å². The van der Waals surface area contributed by atoms with Crippen LogP contribution in [0.2, 0.25) is 0 Å². The van der Waals surface area contributed by atoms with Crippen molar-refractivity contribution in [3.63, 3.8) is 0 Å². The maximum Gasteiger partial charge on any atom is 0.522 e. The van der Waals surface area contributed by atoms with E-state index < -0.39 is 12.5 Å². The summed E-state index contributed by atoms with van der Waals surface area (Å²) in [6.45, 7) is 1.12. The van der Waals surface area contributed by atoms with Gasteiger partial charge in [-0.2, -0.15) is 0 Å². The van der Waals surface area contributed by atoms with Crippen LogP contribution in [0.5, 0.6) is 0 Å². The first-order valence-electron chi connectivity index (χ1n) is 5.79. The van der Waals surface area contributed by atoms with Crippen LogP contribution < -0.4 is 10.6 Å². The molecule has 18 heavy (non-hydrogen) atoms. The molecule has 100 valence electrons. The van der Waals surface area contributed by atoms with E-state index in [1.165, 1.54) is 0 Å². The van der Waals surface area contributed by atoms with Crippen LogP contribution in [0.4, 0.5) is 24.5 Å². The third-order valence-corrected chi connectivity index (χ3v) is 3.00. The molecule has 1 aromatic rings. The monoisotopic (exact) mass is 260 g/mol. The van der Waals surface area contributed by atoms with Crippen LogP contribution in [0, 0.1) is 0 Å². The van der Waals surface area contributed by atoms with Gasteiger partial charge in [-0.15, -0.1) is 13.2 Å². The van der Waals surface area contributed by atoms with E-state index in [2.05, 4.69) is 4.74 Å². The highest BCUT2D eigenvalue weighted by atomic mass is 19.4. The number of rotatable bonds is 2. The Bertz CT molecular complexity index is 383. The van der Waals surface area contributed by atoms with Gasteiger partial charge in [0.15, 0.2) is 0 Å². The molecule has 0 unspecified atom stereocenters. The summed E-state index contributed by atoms with van der Waals surface area (Å²) in [4.78, 5) is 2.04. The summed E-state index contributed by atoms with van der Waals surface area (Å²) < 4.78 is 40.2. The molecule has 0 spiro atoms. The first-order valence-corrected chi connectivity index (χ1v) is 5.79. The van der Waals surface area contributed by atoms with Gasteiger partial charge in [-0.1, -0.05) is 0 Å². The molecule has 1 heterocycles. The molecular formula is C12H15F3N2O. The molecule has 0 bridgehead atoms. The van der Waals surface area contributed by atoms with E-state index in [0.717, 1.165) is 5.69 Å². The zero-order chi connectivity index (χ0) is 13.2. The second-order valence-electron chi connectivity index (χ2n) is 4.34.